The second-order valence-electron chi connectivity index (χ2n) is 6.05. The lowest BCUT2D eigenvalue weighted by atomic mass is 10.2. The smallest absolute Gasteiger partial charge is 0.363 e. The van der Waals surface area contributed by atoms with Crippen LogP contribution in [0.2, 0.25) is 0 Å². The molecule has 0 amide bonds. The largest absolute Gasteiger partial charge is 0.490 e. The van der Waals surface area contributed by atoms with Crippen LogP contribution in [-0.2, 0) is 9.53 Å². The molecule has 2 heterocycles. The molecule has 0 saturated heterocycles. The van der Waals surface area contributed by atoms with Gasteiger partial charge in [0.2, 0.25) is 5.90 Å². The van der Waals surface area contributed by atoms with Gasteiger partial charge in [-0.25, -0.2) is 9.79 Å². The molecule has 0 spiro atoms. The number of hydrogen-bond acceptors (Lipinski definition) is 6. The van der Waals surface area contributed by atoms with Gasteiger partial charge in [0.05, 0.1) is 13.2 Å². The predicted octanol–water partition coefficient (Wildman–Crippen LogP) is 4.57. The highest BCUT2D eigenvalue weighted by Crippen LogP contribution is 2.30. The average molecular weight is 377 g/mol. The Morgan fingerprint density at radius 1 is 1.00 bits per heavy atom. The molecule has 1 aliphatic heterocycles. The number of carbonyl (C=O) groups excluding carboxylic acids is 1. The van der Waals surface area contributed by atoms with Crippen LogP contribution in [-0.4, -0.2) is 25.1 Å². The fourth-order valence-electron chi connectivity index (χ4n) is 2.93. The SMILES string of the molecule is CCOc1ccc(C2=N/C(=C\c3cc4ccccc4o3)C(=O)O2)cc1OCC. The molecule has 6 nitrogen and oxygen atoms in total. The molecule has 28 heavy (non-hydrogen) atoms. The van der Waals surface area contributed by atoms with Crippen molar-refractivity contribution >= 4 is 28.9 Å². The number of cyclic esters (lactones) is 1. The van der Waals surface area contributed by atoms with Gasteiger partial charge in [-0.3, -0.25) is 0 Å². The van der Waals surface area contributed by atoms with E-state index in [0.717, 1.165) is 11.0 Å². The number of para-hydroxylation sites is 1. The molecular formula is C22H19NO5. The van der Waals surface area contributed by atoms with Gasteiger partial charge in [-0.05, 0) is 44.2 Å². The highest BCUT2D eigenvalue weighted by Gasteiger charge is 2.25. The lowest BCUT2D eigenvalue weighted by Crippen LogP contribution is -2.06. The van der Waals surface area contributed by atoms with Gasteiger partial charge in [-0.1, -0.05) is 18.2 Å². The van der Waals surface area contributed by atoms with E-state index in [1.807, 2.05) is 44.2 Å². The first kappa shape index (κ1) is 17.9. The Morgan fingerprint density at radius 3 is 2.57 bits per heavy atom. The maximum absolute atomic E-state index is 12.3. The van der Waals surface area contributed by atoms with E-state index in [9.17, 15) is 4.79 Å². The summed E-state index contributed by atoms with van der Waals surface area (Å²) in [5.41, 5.74) is 1.56. The van der Waals surface area contributed by atoms with Crippen molar-refractivity contribution in [1.82, 2.24) is 0 Å². The summed E-state index contributed by atoms with van der Waals surface area (Å²) in [6.07, 6.45) is 1.58. The van der Waals surface area contributed by atoms with Crippen LogP contribution in [0.25, 0.3) is 17.0 Å². The van der Waals surface area contributed by atoms with Crippen molar-refractivity contribution in [1.29, 1.82) is 0 Å². The molecule has 0 fully saturated rings. The first-order valence-corrected chi connectivity index (χ1v) is 9.09. The Labute approximate surface area is 162 Å². The summed E-state index contributed by atoms with van der Waals surface area (Å²) >= 11 is 0. The molecule has 0 N–H and O–H groups in total. The van der Waals surface area contributed by atoms with Gasteiger partial charge >= 0.3 is 5.97 Å². The molecule has 6 heteroatoms. The highest BCUT2D eigenvalue weighted by molar-refractivity contribution is 6.13. The standard InChI is InChI=1S/C22H19NO5/c1-3-25-19-10-9-15(12-20(19)26-4-2)21-23-17(22(24)28-21)13-16-11-14-7-5-6-8-18(14)27-16/h5-13H,3-4H2,1-2H3/b17-13-. The van der Waals surface area contributed by atoms with Crippen molar-refractivity contribution in [2.24, 2.45) is 4.99 Å². The molecule has 4 rings (SSSR count). The molecule has 0 bridgehead atoms. The quantitative estimate of drug-likeness (QED) is 0.465. The molecule has 0 unspecified atom stereocenters. The molecule has 1 aliphatic rings. The average Bonchev–Trinajstić information content (AvgIpc) is 3.27. The van der Waals surface area contributed by atoms with Crippen LogP contribution < -0.4 is 9.47 Å². The van der Waals surface area contributed by atoms with E-state index in [1.165, 1.54) is 0 Å². The first-order chi connectivity index (χ1) is 13.7. The van der Waals surface area contributed by atoms with E-state index in [-0.39, 0.29) is 11.6 Å². The van der Waals surface area contributed by atoms with Gasteiger partial charge in [0.15, 0.2) is 17.2 Å². The van der Waals surface area contributed by atoms with Crippen molar-refractivity contribution in [3.63, 3.8) is 0 Å². The third-order valence-electron chi connectivity index (χ3n) is 4.13. The maximum atomic E-state index is 12.3. The van der Waals surface area contributed by atoms with Crippen LogP contribution in [0.15, 0.2) is 63.6 Å². The number of nitrogens with zero attached hydrogens (tertiary/aromatic N) is 1. The van der Waals surface area contributed by atoms with Crippen molar-refractivity contribution < 1.29 is 23.4 Å². The number of aliphatic imine (C=N–C) groups is 1. The van der Waals surface area contributed by atoms with Gasteiger partial charge in [-0.15, -0.1) is 0 Å². The third kappa shape index (κ3) is 3.49. The molecular weight excluding hydrogens is 358 g/mol. The van der Waals surface area contributed by atoms with E-state index in [0.29, 0.717) is 36.0 Å². The Morgan fingerprint density at radius 2 is 1.79 bits per heavy atom. The minimum absolute atomic E-state index is 0.181. The Bertz CT molecular complexity index is 1060. The summed E-state index contributed by atoms with van der Waals surface area (Å²) in [6.45, 7) is 4.82. The van der Waals surface area contributed by atoms with Crippen LogP contribution in [0.5, 0.6) is 11.5 Å². The zero-order valence-electron chi connectivity index (χ0n) is 15.6. The Hall–Kier alpha value is -3.54. The fourth-order valence-corrected chi connectivity index (χ4v) is 2.93. The highest BCUT2D eigenvalue weighted by atomic mass is 16.6. The number of benzene rings is 2. The number of hydrogen-bond donors (Lipinski definition) is 0. The topological polar surface area (TPSA) is 70.3 Å². The van der Waals surface area contributed by atoms with Crippen LogP contribution in [0.3, 0.4) is 0 Å². The molecule has 1 aromatic heterocycles. The number of fused-ring (bicyclic) bond motifs is 1. The number of furan rings is 1. The lowest BCUT2D eigenvalue weighted by Gasteiger charge is -2.11. The van der Waals surface area contributed by atoms with Crippen LogP contribution in [0.1, 0.15) is 25.2 Å². The van der Waals surface area contributed by atoms with E-state index >= 15 is 0 Å². The summed E-state index contributed by atoms with van der Waals surface area (Å²) in [7, 11) is 0. The predicted molar refractivity (Wildman–Crippen MR) is 106 cm³/mol. The number of carbonyl (C=O) groups is 1. The molecule has 0 saturated carbocycles. The summed E-state index contributed by atoms with van der Waals surface area (Å²) < 4.78 is 22.3. The summed E-state index contributed by atoms with van der Waals surface area (Å²) in [5, 5.41) is 0.956. The number of ether oxygens (including phenoxy) is 3. The van der Waals surface area contributed by atoms with E-state index in [2.05, 4.69) is 4.99 Å². The number of esters is 1. The molecule has 0 radical (unpaired) electrons. The summed E-state index contributed by atoms with van der Waals surface area (Å²) in [5.74, 6) is 1.45. The van der Waals surface area contributed by atoms with Gasteiger partial charge in [-0.2, -0.15) is 0 Å². The lowest BCUT2D eigenvalue weighted by molar-refractivity contribution is -0.129. The normalized spacial score (nSPS) is 15.0. The zero-order chi connectivity index (χ0) is 19.5. The Kier molecular flexibility index (Phi) is 4.85. The second kappa shape index (κ2) is 7.60. The number of rotatable bonds is 6. The van der Waals surface area contributed by atoms with Crippen LogP contribution in [0, 0.1) is 0 Å². The zero-order valence-corrected chi connectivity index (χ0v) is 15.6. The fraction of sp³-hybridized carbons (Fsp3) is 0.182. The molecule has 0 aliphatic carbocycles. The van der Waals surface area contributed by atoms with E-state index in [1.54, 1.807) is 24.3 Å². The van der Waals surface area contributed by atoms with Crippen molar-refractivity contribution in [3.05, 3.63) is 65.6 Å². The van der Waals surface area contributed by atoms with Gasteiger partial charge < -0.3 is 18.6 Å². The van der Waals surface area contributed by atoms with E-state index < -0.39 is 5.97 Å². The molecule has 3 aromatic rings. The molecule has 0 atom stereocenters. The first-order valence-electron chi connectivity index (χ1n) is 9.09. The van der Waals surface area contributed by atoms with Gasteiger partial charge in [0, 0.05) is 17.0 Å². The Balaban J connectivity index is 1.66. The summed E-state index contributed by atoms with van der Waals surface area (Å²) in [4.78, 5) is 16.6. The van der Waals surface area contributed by atoms with Gasteiger partial charge in [0.1, 0.15) is 11.3 Å². The summed E-state index contributed by atoms with van der Waals surface area (Å²) in [6, 6.07) is 14.8. The minimum Gasteiger partial charge on any atom is -0.490 e. The molecule has 2 aromatic carbocycles. The van der Waals surface area contributed by atoms with Crippen LogP contribution >= 0.6 is 0 Å². The molecule has 142 valence electrons. The van der Waals surface area contributed by atoms with Gasteiger partial charge in [0.25, 0.3) is 0 Å². The third-order valence-corrected chi connectivity index (χ3v) is 4.13. The maximum Gasteiger partial charge on any atom is 0.363 e. The van der Waals surface area contributed by atoms with Crippen molar-refractivity contribution in [2.75, 3.05) is 13.2 Å². The monoisotopic (exact) mass is 377 g/mol. The van der Waals surface area contributed by atoms with E-state index in [4.69, 9.17) is 18.6 Å². The van der Waals surface area contributed by atoms with Crippen molar-refractivity contribution in [2.45, 2.75) is 13.8 Å². The second-order valence-corrected chi connectivity index (χ2v) is 6.05. The minimum atomic E-state index is -0.526. The van der Waals surface area contributed by atoms with Crippen LogP contribution in [0.4, 0.5) is 0 Å². The van der Waals surface area contributed by atoms with Crippen molar-refractivity contribution in [3.8, 4) is 11.5 Å².